The fourth-order valence-electron chi connectivity index (χ4n) is 2.91. The smallest absolute Gasteiger partial charge is 0.123 e. The highest BCUT2D eigenvalue weighted by molar-refractivity contribution is 5.91. The third kappa shape index (κ3) is 3.95. The summed E-state index contributed by atoms with van der Waals surface area (Å²) in [5, 5.41) is 3.35. The molecule has 4 heteroatoms. The van der Waals surface area contributed by atoms with Gasteiger partial charge in [-0.2, -0.15) is 0 Å². The topological polar surface area (TPSA) is 53.8 Å². The standard InChI is InChI=1S/C20H26FN3/c1-5-15(18-12-16(21)7-8-19(18)22)11-20-13(3)17(14(4)24-20)9-10-23-6-2/h5,7-8,11-12,23-24H,1,6,9-10,22H2,2-4H3/b15-11+. The average Bonchev–Trinajstić information content (AvgIpc) is 2.82. The number of allylic oxidation sites excluding steroid dienone is 2. The van der Waals surface area contributed by atoms with Crippen LogP contribution in [0.1, 0.15) is 35.0 Å². The SMILES string of the molecule is C=C/C(=C\c1[nH]c(C)c(CCNCC)c1C)c1cc(F)ccc1N. The summed E-state index contributed by atoms with van der Waals surface area (Å²) < 4.78 is 13.6. The number of hydrogen-bond acceptors (Lipinski definition) is 2. The van der Waals surface area contributed by atoms with Crippen LogP contribution in [0.25, 0.3) is 11.6 Å². The molecule has 1 aromatic heterocycles. The Balaban J connectivity index is 2.39. The van der Waals surface area contributed by atoms with Crippen molar-refractivity contribution in [3.05, 3.63) is 64.7 Å². The van der Waals surface area contributed by atoms with Gasteiger partial charge >= 0.3 is 0 Å². The van der Waals surface area contributed by atoms with Gasteiger partial charge in [-0.05, 0) is 74.3 Å². The van der Waals surface area contributed by atoms with E-state index >= 15 is 0 Å². The van der Waals surface area contributed by atoms with Gasteiger partial charge in [0.1, 0.15) is 5.82 Å². The summed E-state index contributed by atoms with van der Waals surface area (Å²) in [5.74, 6) is -0.308. The zero-order chi connectivity index (χ0) is 17.7. The maximum Gasteiger partial charge on any atom is 0.123 e. The molecule has 0 aliphatic rings. The number of hydrogen-bond donors (Lipinski definition) is 3. The maximum atomic E-state index is 13.6. The van der Waals surface area contributed by atoms with Crippen LogP contribution in [0.15, 0.2) is 30.9 Å². The minimum absolute atomic E-state index is 0.308. The number of aryl methyl sites for hydroxylation is 1. The van der Waals surface area contributed by atoms with Gasteiger partial charge in [-0.15, -0.1) is 0 Å². The summed E-state index contributed by atoms with van der Waals surface area (Å²) in [5.41, 5.74) is 12.7. The van der Waals surface area contributed by atoms with E-state index in [1.807, 2.05) is 6.08 Å². The lowest BCUT2D eigenvalue weighted by Gasteiger charge is -2.07. The van der Waals surface area contributed by atoms with E-state index in [1.165, 1.54) is 23.3 Å². The third-order valence-corrected chi connectivity index (χ3v) is 4.28. The molecule has 2 rings (SSSR count). The van der Waals surface area contributed by atoms with Gasteiger partial charge in [0.2, 0.25) is 0 Å². The molecule has 0 fully saturated rings. The van der Waals surface area contributed by atoms with Crippen molar-refractivity contribution in [3.63, 3.8) is 0 Å². The van der Waals surface area contributed by atoms with Gasteiger partial charge in [0.25, 0.3) is 0 Å². The summed E-state index contributed by atoms with van der Waals surface area (Å²) in [6, 6.07) is 4.39. The van der Waals surface area contributed by atoms with E-state index in [-0.39, 0.29) is 5.82 Å². The Kier molecular flexibility index (Phi) is 5.99. The van der Waals surface area contributed by atoms with Crippen LogP contribution in [0.5, 0.6) is 0 Å². The van der Waals surface area contributed by atoms with Gasteiger partial charge in [-0.1, -0.05) is 19.6 Å². The Bertz CT molecular complexity index is 756. The molecule has 0 saturated heterocycles. The van der Waals surface area contributed by atoms with Crippen molar-refractivity contribution in [2.75, 3.05) is 18.8 Å². The molecule has 1 heterocycles. The van der Waals surface area contributed by atoms with Gasteiger partial charge in [0, 0.05) is 22.6 Å². The molecule has 0 bridgehead atoms. The lowest BCUT2D eigenvalue weighted by Crippen LogP contribution is -2.16. The number of nitrogens with two attached hydrogens (primary N) is 1. The van der Waals surface area contributed by atoms with Gasteiger partial charge in [0.15, 0.2) is 0 Å². The number of anilines is 1. The molecule has 3 nitrogen and oxygen atoms in total. The van der Waals surface area contributed by atoms with E-state index in [0.717, 1.165) is 36.5 Å². The first-order chi connectivity index (χ1) is 11.5. The number of nitrogen functional groups attached to an aromatic ring is 1. The van der Waals surface area contributed by atoms with E-state index in [0.29, 0.717) is 11.3 Å². The fourth-order valence-corrected chi connectivity index (χ4v) is 2.91. The Morgan fingerprint density at radius 3 is 2.79 bits per heavy atom. The predicted molar refractivity (Wildman–Crippen MR) is 101 cm³/mol. The molecule has 0 aliphatic carbocycles. The van der Waals surface area contributed by atoms with Crippen molar-refractivity contribution >= 4 is 17.3 Å². The van der Waals surface area contributed by atoms with Crippen LogP contribution in [-0.2, 0) is 6.42 Å². The summed E-state index contributed by atoms with van der Waals surface area (Å²) in [4.78, 5) is 3.42. The van der Waals surface area contributed by atoms with Crippen molar-refractivity contribution in [1.29, 1.82) is 0 Å². The molecule has 0 amide bonds. The number of nitrogens with one attached hydrogen (secondary N) is 2. The number of aromatic amines is 1. The first-order valence-electron chi connectivity index (χ1n) is 8.26. The predicted octanol–water partition coefficient (Wildman–Crippen LogP) is 4.23. The van der Waals surface area contributed by atoms with Crippen LogP contribution in [-0.4, -0.2) is 18.1 Å². The van der Waals surface area contributed by atoms with Crippen LogP contribution < -0.4 is 11.1 Å². The number of aromatic nitrogens is 1. The lowest BCUT2D eigenvalue weighted by molar-refractivity contribution is 0.627. The first kappa shape index (κ1) is 18.0. The van der Waals surface area contributed by atoms with Gasteiger partial charge in [-0.3, -0.25) is 0 Å². The van der Waals surface area contributed by atoms with Crippen LogP contribution in [0.3, 0.4) is 0 Å². The van der Waals surface area contributed by atoms with Crippen LogP contribution in [0, 0.1) is 19.7 Å². The molecule has 128 valence electrons. The highest BCUT2D eigenvalue weighted by atomic mass is 19.1. The van der Waals surface area contributed by atoms with Crippen LogP contribution >= 0.6 is 0 Å². The number of halogens is 1. The molecular weight excluding hydrogens is 301 g/mol. The Morgan fingerprint density at radius 1 is 1.38 bits per heavy atom. The Labute approximate surface area is 143 Å². The zero-order valence-corrected chi connectivity index (χ0v) is 14.7. The number of rotatable bonds is 7. The summed E-state index contributed by atoms with van der Waals surface area (Å²) in [6.07, 6.45) is 4.66. The van der Waals surface area contributed by atoms with Crippen LogP contribution in [0.4, 0.5) is 10.1 Å². The van der Waals surface area contributed by atoms with E-state index in [2.05, 4.69) is 37.7 Å². The highest BCUT2D eigenvalue weighted by Crippen LogP contribution is 2.28. The molecule has 4 N–H and O–H groups in total. The molecule has 24 heavy (non-hydrogen) atoms. The second-order valence-corrected chi connectivity index (χ2v) is 5.91. The Morgan fingerprint density at radius 2 is 2.12 bits per heavy atom. The highest BCUT2D eigenvalue weighted by Gasteiger charge is 2.11. The quantitative estimate of drug-likeness (QED) is 0.405. The number of benzene rings is 1. The maximum absolute atomic E-state index is 13.6. The monoisotopic (exact) mass is 327 g/mol. The average molecular weight is 327 g/mol. The van der Waals surface area contributed by atoms with Gasteiger partial charge in [0.05, 0.1) is 0 Å². The molecule has 0 saturated carbocycles. The van der Waals surface area contributed by atoms with Crippen molar-refractivity contribution < 1.29 is 4.39 Å². The van der Waals surface area contributed by atoms with Crippen molar-refractivity contribution in [2.45, 2.75) is 27.2 Å². The largest absolute Gasteiger partial charge is 0.398 e. The minimum Gasteiger partial charge on any atom is -0.398 e. The minimum atomic E-state index is -0.308. The fraction of sp³-hybridized carbons (Fsp3) is 0.300. The molecular formula is C20H26FN3. The first-order valence-corrected chi connectivity index (χ1v) is 8.26. The number of H-pyrrole nitrogens is 1. The van der Waals surface area contributed by atoms with E-state index < -0.39 is 0 Å². The number of likely N-dealkylation sites (N-methyl/N-ethyl adjacent to an activating group) is 1. The normalized spacial score (nSPS) is 11.8. The zero-order valence-electron chi connectivity index (χ0n) is 14.7. The van der Waals surface area contributed by atoms with Crippen molar-refractivity contribution in [3.8, 4) is 0 Å². The van der Waals surface area contributed by atoms with E-state index in [1.54, 1.807) is 12.1 Å². The summed E-state index contributed by atoms with van der Waals surface area (Å²) in [6.45, 7) is 12.1. The molecule has 2 aromatic rings. The Hall–Kier alpha value is -2.33. The van der Waals surface area contributed by atoms with Crippen LogP contribution in [0.2, 0.25) is 0 Å². The summed E-state index contributed by atoms with van der Waals surface area (Å²) >= 11 is 0. The molecule has 1 aromatic carbocycles. The summed E-state index contributed by atoms with van der Waals surface area (Å²) in [7, 11) is 0. The lowest BCUT2D eigenvalue weighted by atomic mass is 10.0. The van der Waals surface area contributed by atoms with Crippen molar-refractivity contribution in [2.24, 2.45) is 0 Å². The van der Waals surface area contributed by atoms with E-state index in [4.69, 9.17) is 5.73 Å². The van der Waals surface area contributed by atoms with Gasteiger partial charge in [-0.25, -0.2) is 4.39 Å². The molecule has 0 unspecified atom stereocenters. The molecule has 0 spiro atoms. The molecule has 0 radical (unpaired) electrons. The van der Waals surface area contributed by atoms with E-state index in [9.17, 15) is 4.39 Å². The molecule has 0 atom stereocenters. The second kappa shape index (κ2) is 7.97. The third-order valence-electron chi connectivity index (χ3n) is 4.28. The van der Waals surface area contributed by atoms with Crippen molar-refractivity contribution in [1.82, 2.24) is 10.3 Å². The second-order valence-electron chi connectivity index (χ2n) is 5.91. The molecule has 0 aliphatic heterocycles. The van der Waals surface area contributed by atoms with Gasteiger partial charge < -0.3 is 16.0 Å².